The summed E-state index contributed by atoms with van der Waals surface area (Å²) in [6, 6.07) is 13.2. The Bertz CT molecular complexity index is 878. The van der Waals surface area contributed by atoms with Gasteiger partial charge in [-0.25, -0.2) is 0 Å². The number of carbonyl (C=O) groups is 2. The molecule has 0 saturated carbocycles. The number of benzene rings is 2. The lowest BCUT2D eigenvalue weighted by Crippen LogP contribution is -2.54. The Morgan fingerprint density at radius 3 is 2.50 bits per heavy atom. The molecule has 0 aromatic heterocycles. The number of hydrogen-bond donors (Lipinski definition) is 2. The molecule has 0 atom stereocenters. The molecular formula is C17H11BrN2O3S. The number of phenols is 1. The molecule has 3 rings (SSSR count). The van der Waals surface area contributed by atoms with Gasteiger partial charge in [0.1, 0.15) is 11.3 Å². The maximum atomic E-state index is 12.8. The summed E-state index contributed by atoms with van der Waals surface area (Å²) in [5.74, 6) is -0.951. The molecule has 120 valence electrons. The smallest absolute Gasteiger partial charge is 0.270 e. The second-order valence-corrected chi connectivity index (χ2v) is 6.33. The van der Waals surface area contributed by atoms with E-state index in [1.807, 2.05) is 6.07 Å². The minimum atomic E-state index is -0.552. The summed E-state index contributed by atoms with van der Waals surface area (Å²) >= 11 is 8.49. The summed E-state index contributed by atoms with van der Waals surface area (Å²) < 4.78 is 0.788. The molecule has 0 bridgehead atoms. The maximum absolute atomic E-state index is 12.8. The standard InChI is InChI=1S/C17H11BrN2O3S/c18-11-2-1-3-12(9-11)20-16(23)14(15(22)19-17(20)24)8-10-4-6-13(21)7-5-10/h1-9,21H,(H,19,22,24)/b14-8-. The first-order valence-electron chi connectivity index (χ1n) is 6.92. The van der Waals surface area contributed by atoms with Crippen LogP contribution in [0.1, 0.15) is 5.56 Å². The average molecular weight is 403 g/mol. The molecule has 0 radical (unpaired) electrons. The van der Waals surface area contributed by atoms with Crippen molar-refractivity contribution in [1.82, 2.24) is 5.32 Å². The van der Waals surface area contributed by atoms with Gasteiger partial charge in [-0.1, -0.05) is 34.1 Å². The second-order valence-electron chi connectivity index (χ2n) is 5.03. The highest BCUT2D eigenvalue weighted by atomic mass is 79.9. The van der Waals surface area contributed by atoms with E-state index in [1.54, 1.807) is 30.3 Å². The Morgan fingerprint density at radius 2 is 1.83 bits per heavy atom. The fourth-order valence-electron chi connectivity index (χ4n) is 2.24. The van der Waals surface area contributed by atoms with Gasteiger partial charge in [0.2, 0.25) is 0 Å². The third-order valence-electron chi connectivity index (χ3n) is 3.37. The van der Waals surface area contributed by atoms with Crippen molar-refractivity contribution >= 4 is 56.8 Å². The Kier molecular flexibility index (Phi) is 4.46. The monoisotopic (exact) mass is 402 g/mol. The van der Waals surface area contributed by atoms with Crippen molar-refractivity contribution in [3.63, 3.8) is 0 Å². The van der Waals surface area contributed by atoms with Crippen LogP contribution in [0.15, 0.2) is 58.6 Å². The van der Waals surface area contributed by atoms with Gasteiger partial charge in [0.25, 0.3) is 11.8 Å². The quantitative estimate of drug-likeness (QED) is 0.460. The highest BCUT2D eigenvalue weighted by Crippen LogP contribution is 2.25. The lowest BCUT2D eigenvalue weighted by molar-refractivity contribution is -0.122. The van der Waals surface area contributed by atoms with Crippen molar-refractivity contribution in [3.8, 4) is 5.75 Å². The molecule has 24 heavy (non-hydrogen) atoms. The van der Waals surface area contributed by atoms with Gasteiger partial charge in [0.05, 0.1) is 5.69 Å². The zero-order valence-electron chi connectivity index (χ0n) is 12.2. The highest BCUT2D eigenvalue weighted by molar-refractivity contribution is 9.10. The Labute approximate surface area is 151 Å². The van der Waals surface area contributed by atoms with Crippen LogP contribution in [0.4, 0.5) is 5.69 Å². The number of amides is 2. The molecule has 5 nitrogen and oxygen atoms in total. The number of rotatable bonds is 2. The molecule has 2 aromatic rings. The van der Waals surface area contributed by atoms with E-state index in [2.05, 4.69) is 21.2 Å². The molecule has 1 fully saturated rings. The van der Waals surface area contributed by atoms with E-state index >= 15 is 0 Å². The van der Waals surface area contributed by atoms with Crippen LogP contribution in [0.3, 0.4) is 0 Å². The Morgan fingerprint density at radius 1 is 1.12 bits per heavy atom. The molecule has 7 heteroatoms. The van der Waals surface area contributed by atoms with E-state index in [0.29, 0.717) is 11.3 Å². The number of thiocarbonyl (C=S) groups is 1. The van der Waals surface area contributed by atoms with Crippen LogP contribution in [0.2, 0.25) is 0 Å². The first-order valence-corrected chi connectivity index (χ1v) is 8.12. The molecule has 0 spiro atoms. The summed E-state index contributed by atoms with van der Waals surface area (Å²) in [6.07, 6.45) is 1.46. The van der Waals surface area contributed by atoms with E-state index in [4.69, 9.17) is 12.2 Å². The van der Waals surface area contributed by atoms with E-state index in [0.717, 1.165) is 4.47 Å². The lowest BCUT2D eigenvalue weighted by Gasteiger charge is -2.29. The highest BCUT2D eigenvalue weighted by Gasteiger charge is 2.34. The van der Waals surface area contributed by atoms with Crippen LogP contribution in [-0.4, -0.2) is 22.0 Å². The van der Waals surface area contributed by atoms with E-state index in [-0.39, 0.29) is 16.4 Å². The first kappa shape index (κ1) is 16.4. The predicted molar refractivity (Wildman–Crippen MR) is 98.5 cm³/mol. The second kappa shape index (κ2) is 6.54. The molecule has 0 aliphatic carbocycles. The summed E-state index contributed by atoms with van der Waals surface area (Å²) in [7, 11) is 0. The number of hydrogen-bond acceptors (Lipinski definition) is 4. The van der Waals surface area contributed by atoms with Gasteiger partial charge in [-0.15, -0.1) is 0 Å². The number of aromatic hydroxyl groups is 1. The molecular weight excluding hydrogens is 392 g/mol. The SMILES string of the molecule is O=C1NC(=S)N(c2cccc(Br)c2)C(=O)/C1=C\c1ccc(O)cc1. The number of carbonyl (C=O) groups excluding carboxylic acids is 2. The van der Waals surface area contributed by atoms with Gasteiger partial charge in [-0.3, -0.25) is 19.8 Å². The van der Waals surface area contributed by atoms with E-state index in [9.17, 15) is 14.7 Å². The van der Waals surface area contributed by atoms with Crippen LogP contribution < -0.4 is 10.2 Å². The molecule has 1 aliphatic heterocycles. The van der Waals surface area contributed by atoms with Crippen LogP contribution in [0.5, 0.6) is 5.75 Å². The topological polar surface area (TPSA) is 69.6 Å². The minimum absolute atomic E-state index is 0.0331. The van der Waals surface area contributed by atoms with Crippen molar-refractivity contribution in [2.45, 2.75) is 0 Å². The molecule has 2 aromatic carbocycles. The van der Waals surface area contributed by atoms with Crippen LogP contribution in [-0.2, 0) is 9.59 Å². The van der Waals surface area contributed by atoms with Crippen molar-refractivity contribution in [2.75, 3.05) is 4.90 Å². The molecule has 1 heterocycles. The van der Waals surface area contributed by atoms with Crippen molar-refractivity contribution in [2.24, 2.45) is 0 Å². The number of anilines is 1. The third kappa shape index (κ3) is 3.22. The van der Waals surface area contributed by atoms with Gasteiger partial charge < -0.3 is 5.11 Å². The van der Waals surface area contributed by atoms with Crippen molar-refractivity contribution in [1.29, 1.82) is 0 Å². The van der Waals surface area contributed by atoms with Gasteiger partial charge in [-0.05, 0) is 54.2 Å². The molecule has 2 amide bonds. The molecule has 1 aliphatic rings. The predicted octanol–water partition coefficient (Wildman–Crippen LogP) is 2.99. The largest absolute Gasteiger partial charge is 0.508 e. The lowest BCUT2D eigenvalue weighted by atomic mass is 10.1. The minimum Gasteiger partial charge on any atom is -0.508 e. The molecule has 0 unspecified atom stereocenters. The summed E-state index contributed by atoms with van der Waals surface area (Å²) in [5, 5.41) is 11.9. The zero-order valence-corrected chi connectivity index (χ0v) is 14.6. The van der Waals surface area contributed by atoms with Gasteiger partial charge in [-0.2, -0.15) is 0 Å². The van der Waals surface area contributed by atoms with Gasteiger partial charge >= 0.3 is 0 Å². The summed E-state index contributed by atoms with van der Waals surface area (Å²) in [4.78, 5) is 26.2. The number of nitrogens with one attached hydrogen (secondary N) is 1. The number of halogens is 1. The Balaban J connectivity index is 2.01. The summed E-state index contributed by atoms with van der Waals surface area (Å²) in [6.45, 7) is 0. The van der Waals surface area contributed by atoms with E-state index in [1.165, 1.54) is 23.1 Å². The van der Waals surface area contributed by atoms with Crippen molar-refractivity contribution < 1.29 is 14.7 Å². The fourth-order valence-corrected chi connectivity index (χ4v) is 2.91. The molecule has 1 saturated heterocycles. The summed E-state index contributed by atoms with van der Waals surface area (Å²) in [5.41, 5.74) is 1.14. The third-order valence-corrected chi connectivity index (χ3v) is 4.15. The van der Waals surface area contributed by atoms with Crippen molar-refractivity contribution in [3.05, 3.63) is 64.1 Å². The maximum Gasteiger partial charge on any atom is 0.270 e. The van der Waals surface area contributed by atoms with E-state index < -0.39 is 11.8 Å². The number of phenolic OH excluding ortho intramolecular Hbond substituents is 1. The first-order chi connectivity index (χ1) is 11.5. The molecule has 2 N–H and O–H groups in total. The fraction of sp³-hybridized carbons (Fsp3) is 0. The van der Waals surface area contributed by atoms with Gasteiger partial charge in [0.15, 0.2) is 5.11 Å². The Hall–Kier alpha value is -2.51. The van der Waals surface area contributed by atoms with Crippen LogP contribution in [0, 0.1) is 0 Å². The van der Waals surface area contributed by atoms with Crippen LogP contribution in [0.25, 0.3) is 6.08 Å². The van der Waals surface area contributed by atoms with Gasteiger partial charge in [0, 0.05) is 4.47 Å². The average Bonchev–Trinajstić information content (AvgIpc) is 2.53. The normalized spacial score (nSPS) is 16.5. The number of nitrogens with zero attached hydrogens (tertiary/aromatic N) is 1. The van der Waals surface area contributed by atoms with Crippen LogP contribution >= 0.6 is 28.1 Å². The zero-order chi connectivity index (χ0) is 17.3.